The molecule has 2 bridgehead atoms. The Balaban J connectivity index is 2.02. The van der Waals surface area contributed by atoms with E-state index in [2.05, 4.69) is 37.3 Å². The number of aryl methyl sites for hydroxylation is 1. The first-order valence-electron chi connectivity index (χ1n) is 5.80. The van der Waals surface area contributed by atoms with Crippen LogP contribution in [0.5, 0.6) is 0 Å². The first-order chi connectivity index (χ1) is 7.68. The Bertz CT molecular complexity index is 438. The van der Waals surface area contributed by atoms with Crippen LogP contribution in [0.4, 0.5) is 0 Å². The van der Waals surface area contributed by atoms with Gasteiger partial charge in [-0.15, -0.1) is 0 Å². The molecule has 3 atom stereocenters. The van der Waals surface area contributed by atoms with E-state index < -0.39 is 0 Å². The third-order valence-corrected chi connectivity index (χ3v) is 3.49. The smallest absolute Gasteiger partial charge is 0.115 e. The molecule has 1 aromatic carbocycles. The Morgan fingerprint density at radius 1 is 1.44 bits per heavy atom. The standard InChI is InChI=1S/C14H16O2/c1-10-3-2-4-11(7-10)14-6-5-13(16-14)8-12(15)9-14/h2-7,12-13,15H,8-9H2,1H3. The molecular weight excluding hydrogens is 200 g/mol. The van der Waals surface area contributed by atoms with E-state index in [9.17, 15) is 5.11 Å². The zero-order chi connectivity index (χ0) is 11.2. The number of rotatable bonds is 1. The maximum absolute atomic E-state index is 9.87. The summed E-state index contributed by atoms with van der Waals surface area (Å²) in [6.07, 6.45) is 5.42. The van der Waals surface area contributed by atoms with Crippen LogP contribution in [0, 0.1) is 6.92 Å². The van der Waals surface area contributed by atoms with Crippen LogP contribution in [-0.4, -0.2) is 17.3 Å². The molecule has 1 fully saturated rings. The zero-order valence-corrected chi connectivity index (χ0v) is 9.39. The van der Waals surface area contributed by atoms with Gasteiger partial charge in [0.15, 0.2) is 0 Å². The van der Waals surface area contributed by atoms with Crippen LogP contribution in [0.3, 0.4) is 0 Å². The molecule has 16 heavy (non-hydrogen) atoms. The van der Waals surface area contributed by atoms with E-state index in [1.54, 1.807) is 0 Å². The number of hydrogen-bond acceptors (Lipinski definition) is 2. The average Bonchev–Trinajstić information content (AvgIpc) is 2.56. The molecule has 0 saturated carbocycles. The Kier molecular flexibility index (Phi) is 2.16. The van der Waals surface area contributed by atoms with Crippen molar-refractivity contribution in [3.8, 4) is 0 Å². The second-order valence-corrected chi connectivity index (χ2v) is 4.87. The molecule has 0 amide bonds. The number of aliphatic hydroxyl groups excluding tert-OH is 1. The highest BCUT2D eigenvalue weighted by atomic mass is 16.5. The van der Waals surface area contributed by atoms with Crippen molar-refractivity contribution in [1.82, 2.24) is 0 Å². The maximum atomic E-state index is 9.87. The van der Waals surface area contributed by atoms with E-state index in [4.69, 9.17) is 4.74 Å². The van der Waals surface area contributed by atoms with Crippen molar-refractivity contribution < 1.29 is 9.84 Å². The molecule has 1 N–H and O–H groups in total. The first kappa shape index (κ1) is 10.1. The fraction of sp³-hybridized carbons (Fsp3) is 0.429. The lowest BCUT2D eigenvalue weighted by Crippen LogP contribution is -2.38. The number of benzene rings is 1. The molecule has 0 aromatic heterocycles. The number of fused-ring (bicyclic) bond motifs is 2. The summed E-state index contributed by atoms with van der Waals surface area (Å²) in [7, 11) is 0. The fourth-order valence-corrected chi connectivity index (χ4v) is 2.75. The molecule has 2 aliphatic heterocycles. The lowest BCUT2D eigenvalue weighted by molar-refractivity contribution is -0.109. The summed E-state index contributed by atoms with van der Waals surface area (Å²) in [4.78, 5) is 0. The van der Waals surface area contributed by atoms with E-state index in [1.165, 1.54) is 5.56 Å². The Morgan fingerprint density at radius 3 is 3.12 bits per heavy atom. The van der Waals surface area contributed by atoms with Gasteiger partial charge in [-0.1, -0.05) is 35.9 Å². The minimum absolute atomic E-state index is 0.0873. The van der Waals surface area contributed by atoms with Crippen molar-refractivity contribution in [2.24, 2.45) is 0 Å². The van der Waals surface area contributed by atoms with Gasteiger partial charge in [0.25, 0.3) is 0 Å². The summed E-state index contributed by atoms with van der Waals surface area (Å²) in [5.74, 6) is 0. The van der Waals surface area contributed by atoms with Crippen molar-refractivity contribution in [2.45, 2.75) is 37.6 Å². The van der Waals surface area contributed by atoms with Gasteiger partial charge in [-0.25, -0.2) is 0 Å². The molecule has 3 unspecified atom stereocenters. The summed E-state index contributed by atoms with van der Waals surface area (Å²) < 4.78 is 6.03. The van der Waals surface area contributed by atoms with Crippen molar-refractivity contribution in [2.75, 3.05) is 0 Å². The first-order valence-corrected chi connectivity index (χ1v) is 5.80. The minimum atomic E-state index is -0.381. The van der Waals surface area contributed by atoms with Gasteiger partial charge in [-0.3, -0.25) is 0 Å². The van der Waals surface area contributed by atoms with Gasteiger partial charge in [-0.2, -0.15) is 0 Å². The lowest BCUT2D eigenvalue weighted by Gasteiger charge is -2.36. The van der Waals surface area contributed by atoms with Crippen molar-refractivity contribution >= 4 is 0 Å². The summed E-state index contributed by atoms with van der Waals surface area (Å²) in [5, 5.41) is 9.87. The van der Waals surface area contributed by atoms with E-state index in [0.717, 1.165) is 12.0 Å². The number of ether oxygens (including phenoxy) is 1. The Labute approximate surface area is 95.6 Å². The van der Waals surface area contributed by atoms with E-state index in [0.29, 0.717) is 6.42 Å². The Hall–Kier alpha value is -1.12. The monoisotopic (exact) mass is 216 g/mol. The molecule has 2 aliphatic rings. The van der Waals surface area contributed by atoms with Gasteiger partial charge in [-0.05, 0) is 18.6 Å². The normalized spacial score (nSPS) is 36.6. The summed E-state index contributed by atoms with van der Waals surface area (Å²) in [6.45, 7) is 2.08. The molecule has 0 radical (unpaired) electrons. The molecular formula is C14H16O2. The van der Waals surface area contributed by atoms with Crippen LogP contribution in [0.25, 0.3) is 0 Å². The molecule has 1 aromatic rings. The second-order valence-electron chi connectivity index (χ2n) is 4.87. The van der Waals surface area contributed by atoms with Gasteiger partial charge in [0.1, 0.15) is 5.60 Å². The highest BCUT2D eigenvalue weighted by Crippen LogP contribution is 2.43. The molecule has 2 nitrogen and oxygen atoms in total. The summed E-state index contributed by atoms with van der Waals surface area (Å²) in [6, 6.07) is 8.35. The van der Waals surface area contributed by atoms with Gasteiger partial charge < -0.3 is 9.84 Å². The van der Waals surface area contributed by atoms with Crippen molar-refractivity contribution in [3.05, 3.63) is 47.5 Å². The van der Waals surface area contributed by atoms with Crippen LogP contribution in [0.2, 0.25) is 0 Å². The average molecular weight is 216 g/mol. The summed E-state index contributed by atoms with van der Waals surface area (Å²) >= 11 is 0. The molecule has 1 saturated heterocycles. The molecule has 2 heterocycles. The highest BCUT2D eigenvalue weighted by Gasteiger charge is 2.43. The van der Waals surface area contributed by atoms with E-state index >= 15 is 0 Å². The molecule has 2 heteroatoms. The highest BCUT2D eigenvalue weighted by molar-refractivity contribution is 5.35. The third kappa shape index (κ3) is 1.49. The third-order valence-electron chi connectivity index (χ3n) is 3.49. The summed E-state index contributed by atoms with van der Waals surface area (Å²) in [5.41, 5.74) is 2.01. The molecule has 3 rings (SSSR count). The predicted octanol–water partition coefficient (Wildman–Crippen LogP) is 2.30. The minimum Gasteiger partial charge on any atom is -0.393 e. The second kappa shape index (κ2) is 3.44. The van der Waals surface area contributed by atoms with Crippen molar-refractivity contribution in [3.63, 3.8) is 0 Å². The lowest BCUT2D eigenvalue weighted by atomic mass is 9.86. The fourth-order valence-electron chi connectivity index (χ4n) is 2.75. The van der Waals surface area contributed by atoms with Crippen LogP contribution < -0.4 is 0 Å². The van der Waals surface area contributed by atoms with Gasteiger partial charge >= 0.3 is 0 Å². The van der Waals surface area contributed by atoms with Crippen LogP contribution in [0.1, 0.15) is 24.0 Å². The largest absolute Gasteiger partial charge is 0.393 e. The number of aliphatic hydroxyl groups is 1. The van der Waals surface area contributed by atoms with E-state index in [1.807, 2.05) is 6.07 Å². The Morgan fingerprint density at radius 2 is 2.31 bits per heavy atom. The van der Waals surface area contributed by atoms with Gasteiger partial charge in [0.05, 0.1) is 12.2 Å². The van der Waals surface area contributed by atoms with Crippen molar-refractivity contribution in [1.29, 1.82) is 0 Å². The quantitative estimate of drug-likeness (QED) is 0.730. The molecule has 84 valence electrons. The molecule has 0 spiro atoms. The van der Waals surface area contributed by atoms with Crippen LogP contribution in [-0.2, 0) is 10.3 Å². The number of hydrogen-bond donors (Lipinski definition) is 1. The SMILES string of the molecule is Cc1cccc(C23C=CC(CC(O)C2)O3)c1. The maximum Gasteiger partial charge on any atom is 0.115 e. The van der Waals surface area contributed by atoms with Crippen LogP contribution in [0.15, 0.2) is 36.4 Å². The zero-order valence-electron chi connectivity index (χ0n) is 9.39. The molecule has 0 aliphatic carbocycles. The van der Waals surface area contributed by atoms with E-state index in [-0.39, 0.29) is 17.8 Å². The van der Waals surface area contributed by atoms with Crippen LogP contribution >= 0.6 is 0 Å². The topological polar surface area (TPSA) is 29.5 Å². The predicted molar refractivity (Wildman–Crippen MR) is 62.1 cm³/mol. The van der Waals surface area contributed by atoms with Gasteiger partial charge in [0.2, 0.25) is 0 Å². The van der Waals surface area contributed by atoms with Gasteiger partial charge in [0, 0.05) is 12.8 Å².